The van der Waals surface area contributed by atoms with Crippen molar-refractivity contribution in [1.82, 2.24) is 4.90 Å². The summed E-state index contributed by atoms with van der Waals surface area (Å²) in [6.07, 6.45) is 5.35. The average molecular weight is 198 g/mol. The van der Waals surface area contributed by atoms with Gasteiger partial charge < -0.3 is 5.73 Å². The molecule has 0 radical (unpaired) electrons. The zero-order valence-electron chi connectivity index (χ0n) is 10.2. The van der Waals surface area contributed by atoms with Gasteiger partial charge in [-0.2, -0.15) is 0 Å². The highest BCUT2D eigenvalue weighted by atomic mass is 15.2. The quantitative estimate of drug-likeness (QED) is 0.753. The SMILES string of the molecule is CC(C)N(C)C1(CN)CCCCC1C. The summed E-state index contributed by atoms with van der Waals surface area (Å²) in [5.41, 5.74) is 6.30. The number of likely N-dealkylation sites (N-methyl/N-ethyl adjacent to an activating group) is 1. The first kappa shape index (κ1) is 12.0. The maximum atomic E-state index is 6.03. The lowest BCUT2D eigenvalue weighted by Crippen LogP contribution is -2.59. The zero-order valence-corrected chi connectivity index (χ0v) is 10.2. The fraction of sp³-hybridized carbons (Fsp3) is 1.00. The van der Waals surface area contributed by atoms with Gasteiger partial charge in [-0.1, -0.05) is 19.8 Å². The molecule has 2 unspecified atom stereocenters. The van der Waals surface area contributed by atoms with Crippen molar-refractivity contribution < 1.29 is 0 Å². The Labute approximate surface area is 88.8 Å². The molecule has 0 heterocycles. The van der Waals surface area contributed by atoms with Crippen molar-refractivity contribution in [3.63, 3.8) is 0 Å². The number of hydrogen-bond donors (Lipinski definition) is 1. The first-order valence-corrected chi connectivity index (χ1v) is 5.97. The molecule has 1 aliphatic rings. The fourth-order valence-electron chi connectivity index (χ4n) is 2.88. The molecule has 0 aliphatic heterocycles. The molecule has 0 aromatic rings. The van der Waals surface area contributed by atoms with Gasteiger partial charge in [0.15, 0.2) is 0 Å². The molecule has 1 aliphatic carbocycles. The van der Waals surface area contributed by atoms with Crippen molar-refractivity contribution in [3.8, 4) is 0 Å². The molecule has 1 fully saturated rings. The molecule has 2 atom stereocenters. The smallest absolute Gasteiger partial charge is 0.0356 e. The monoisotopic (exact) mass is 198 g/mol. The van der Waals surface area contributed by atoms with E-state index >= 15 is 0 Å². The maximum absolute atomic E-state index is 6.03. The summed E-state index contributed by atoms with van der Waals surface area (Å²) >= 11 is 0. The van der Waals surface area contributed by atoms with Crippen molar-refractivity contribution in [1.29, 1.82) is 0 Å². The van der Waals surface area contributed by atoms with E-state index < -0.39 is 0 Å². The molecule has 2 N–H and O–H groups in total. The van der Waals surface area contributed by atoms with E-state index in [0.717, 1.165) is 12.5 Å². The molecule has 2 nitrogen and oxygen atoms in total. The second kappa shape index (κ2) is 4.63. The summed E-state index contributed by atoms with van der Waals surface area (Å²) in [7, 11) is 2.24. The van der Waals surface area contributed by atoms with Gasteiger partial charge in [0.1, 0.15) is 0 Å². The number of hydrogen-bond acceptors (Lipinski definition) is 2. The summed E-state index contributed by atoms with van der Waals surface area (Å²) in [5, 5.41) is 0. The van der Waals surface area contributed by atoms with Crippen LogP contribution in [-0.2, 0) is 0 Å². The van der Waals surface area contributed by atoms with Gasteiger partial charge in [-0.15, -0.1) is 0 Å². The second-order valence-corrected chi connectivity index (χ2v) is 5.16. The van der Waals surface area contributed by atoms with Crippen LogP contribution in [0.3, 0.4) is 0 Å². The molecule has 2 heteroatoms. The minimum Gasteiger partial charge on any atom is -0.329 e. The third-order valence-corrected chi connectivity index (χ3v) is 4.24. The number of nitrogens with two attached hydrogens (primary N) is 1. The van der Waals surface area contributed by atoms with Crippen LogP contribution in [-0.4, -0.2) is 30.1 Å². The van der Waals surface area contributed by atoms with Gasteiger partial charge in [0.25, 0.3) is 0 Å². The molecule has 0 aromatic carbocycles. The predicted octanol–water partition coefficient (Wildman–Crippen LogP) is 2.23. The van der Waals surface area contributed by atoms with Crippen molar-refractivity contribution in [2.24, 2.45) is 11.7 Å². The van der Waals surface area contributed by atoms with Crippen molar-refractivity contribution in [3.05, 3.63) is 0 Å². The summed E-state index contributed by atoms with van der Waals surface area (Å²) in [6.45, 7) is 7.70. The Morgan fingerprint density at radius 1 is 1.43 bits per heavy atom. The summed E-state index contributed by atoms with van der Waals surface area (Å²) in [4.78, 5) is 2.50. The predicted molar refractivity (Wildman–Crippen MR) is 62.3 cm³/mol. The van der Waals surface area contributed by atoms with E-state index in [-0.39, 0.29) is 5.54 Å². The van der Waals surface area contributed by atoms with E-state index in [2.05, 4.69) is 32.7 Å². The Morgan fingerprint density at radius 2 is 2.07 bits per heavy atom. The molecular formula is C12H26N2. The molecular weight excluding hydrogens is 172 g/mol. The van der Waals surface area contributed by atoms with Crippen LogP contribution in [0.15, 0.2) is 0 Å². The Morgan fingerprint density at radius 3 is 2.50 bits per heavy atom. The second-order valence-electron chi connectivity index (χ2n) is 5.16. The molecule has 84 valence electrons. The van der Waals surface area contributed by atoms with Gasteiger partial charge in [-0.25, -0.2) is 0 Å². The van der Waals surface area contributed by atoms with Crippen LogP contribution >= 0.6 is 0 Å². The average Bonchev–Trinajstić information content (AvgIpc) is 2.18. The lowest BCUT2D eigenvalue weighted by molar-refractivity contribution is 0.0123. The Hall–Kier alpha value is -0.0800. The Balaban J connectivity index is 2.82. The normalized spacial score (nSPS) is 34.1. The highest BCUT2D eigenvalue weighted by molar-refractivity contribution is 4.98. The van der Waals surface area contributed by atoms with E-state index in [1.807, 2.05) is 0 Å². The van der Waals surface area contributed by atoms with Crippen LogP contribution in [0.1, 0.15) is 46.5 Å². The zero-order chi connectivity index (χ0) is 10.8. The van der Waals surface area contributed by atoms with Crippen LogP contribution in [0.2, 0.25) is 0 Å². The van der Waals surface area contributed by atoms with Crippen LogP contribution < -0.4 is 5.73 Å². The highest BCUT2D eigenvalue weighted by Crippen LogP contribution is 2.37. The maximum Gasteiger partial charge on any atom is 0.0356 e. The van der Waals surface area contributed by atoms with Crippen molar-refractivity contribution in [2.75, 3.05) is 13.6 Å². The molecule has 0 bridgehead atoms. The van der Waals surface area contributed by atoms with Crippen LogP contribution in [0.4, 0.5) is 0 Å². The fourth-order valence-corrected chi connectivity index (χ4v) is 2.88. The van der Waals surface area contributed by atoms with Gasteiger partial charge >= 0.3 is 0 Å². The molecule has 0 aromatic heterocycles. The third-order valence-electron chi connectivity index (χ3n) is 4.24. The summed E-state index contributed by atoms with van der Waals surface area (Å²) in [5.74, 6) is 0.744. The lowest BCUT2D eigenvalue weighted by atomic mass is 9.72. The van der Waals surface area contributed by atoms with E-state index in [1.165, 1.54) is 25.7 Å². The van der Waals surface area contributed by atoms with Crippen LogP contribution in [0.5, 0.6) is 0 Å². The molecule has 14 heavy (non-hydrogen) atoms. The lowest BCUT2D eigenvalue weighted by Gasteiger charge is -2.50. The van der Waals surface area contributed by atoms with Gasteiger partial charge in [0.05, 0.1) is 0 Å². The standard InChI is InChI=1S/C12H26N2/c1-10(2)14(4)12(9-13)8-6-5-7-11(12)3/h10-11H,5-9,13H2,1-4H3. The molecule has 1 saturated carbocycles. The van der Waals surface area contributed by atoms with Crippen LogP contribution in [0, 0.1) is 5.92 Å². The topological polar surface area (TPSA) is 29.3 Å². The minimum absolute atomic E-state index is 0.270. The van der Waals surface area contributed by atoms with Crippen molar-refractivity contribution >= 4 is 0 Å². The molecule has 0 amide bonds. The first-order chi connectivity index (χ1) is 6.54. The van der Waals surface area contributed by atoms with E-state index in [1.54, 1.807) is 0 Å². The van der Waals surface area contributed by atoms with Gasteiger partial charge in [0, 0.05) is 18.1 Å². The van der Waals surface area contributed by atoms with E-state index in [0.29, 0.717) is 6.04 Å². The van der Waals surface area contributed by atoms with Crippen molar-refractivity contribution in [2.45, 2.75) is 58.0 Å². The van der Waals surface area contributed by atoms with Crippen LogP contribution in [0.25, 0.3) is 0 Å². The summed E-state index contributed by atoms with van der Waals surface area (Å²) in [6, 6.07) is 0.596. The van der Waals surface area contributed by atoms with E-state index in [9.17, 15) is 0 Å². The molecule has 0 spiro atoms. The minimum atomic E-state index is 0.270. The Kier molecular flexibility index (Phi) is 3.96. The number of nitrogens with zero attached hydrogens (tertiary/aromatic N) is 1. The first-order valence-electron chi connectivity index (χ1n) is 5.97. The van der Waals surface area contributed by atoms with Gasteiger partial charge in [0.2, 0.25) is 0 Å². The summed E-state index contributed by atoms with van der Waals surface area (Å²) < 4.78 is 0. The van der Waals surface area contributed by atoms with E-state index in [4.69, 9.17) is 5.73 Å². The highest BCUT2D eigenvalue weighted by Gasteiger charge is 2.41. The molecule has 0 saturated heterocycles. The molecule has 1 rings (SSSR count). The largest absolute Gasteiger partial charge is 0.329 e. The van der Waals surface area contributed by atoms with Gasteiger partial charge in [-0.3, -0.25) is 4.90 Å². The van der Waals surface area contributed by atoms with Gasteiger partial charge in [-0.05, 0) is 39.7 Å². The number of rotatable bonds is 3. The third kappa shape index (κ3) is 1.96. The Bertz CT molecular complexity index is 179.